The molecule has 2 heteroatoms. The van der Waals surface area contributed by atoms with Crippen molar-refractivity contribution in [3.05, 3.63) is 41.5 Å². The van der Waals surface area contributed by atoms with E-state index in [9.17, 15) is 0 Å². The molecule has 0 N–H and O–H groups in total. The number of hydrogen-bond acceptors (Lipinski definition) is 1. The minimum Gasteiger partial charge on any atom is -0.207 e. The SMILES string of the molecule is Cc1cc(-c2cccs2)c[n+](C)c1. The summed E-state index contributed by atoms with van der Waals surface area (Å²) in [6.45, 7) is 2.12. The average Bonchev–Trinajstić information content (AvgIpc) is 2.53. The maximum atomic E-state index is 2.21. The van der Waals surface area contributed by atoms with Crippen LogP contribution in [0.1, 0.15) is 5.56 Å². The van der Waals surface area contributed by atoms with Crippen molar-refractivity contribution in [2.24, 2.45) is 7.05 Å². The maximum Gasteiger partial charge on any atom is 0.177 e. The molecule has 13 heavy (non-hydrogen) atoms. The Balaban J connectivity index is 2.53. The molecule has 0 aromatic carbocycles. The van der Waals surface area contributed by atoms with Crippen LogP contribution in [0.4, 0.5) is 0 Å². The smallest absolute Gasteiger partial charge is 0.177 e. The number of thiophene rings is 1. The quantitative estimate of drug-likeness (QED) is 0.608. The zero-order valence-corrected chi connectivity index (χ0v) is 8.64. The molecule has 2 aromatic heterocycles. The zero-order chi connectivity index (χ0) is 9.26. The van der Waals surface area contributed by atoms with Crippen molar-refractivity contribution in [1.29, 1.82) is 0 Å². The van der Waals surface area contributed by atoms with E-state index in [1.165, 1.54) is 16.0 Å². The van der Waals surface area contributed by atoms with E-state index in [1.807, 2.05) is 0 Å². The summed E-state index contributed by atoms with van der Waals surface area (Å²) in [7, 11) is 2.06. The summed E-state index contributed by atoms with van der Waals surface area (Å²) in [5.74, 6) is 0. The van der Waals surface area contributed by atoms with Crippen molar-refractivity contribution in [3.63, 3.8) is 0 Å². The molecule has 0 amide bonds. The van der Waals surface area contributed by atoms with Crippen LogP contribution in [-0.4, -0.2) is 0 Å². The van der Waals surface area contributed by atoms with E-state index < -0.39 is 0 Å². The lowest BCUT2D eigenvalue weighted by atomic mass is 10.2. The number of rotatable bonds is 1. The highest BCUT2D eigenvalue weighted by atomic mass is 32.1. The first-order valence-electron chi connectivity index (χ1n) is 4.26. The first-order chi connectivity index (χ1) is 6.25. The average molecular weight is 190 g/mol. The lowest BCUT2D eigenvalue weighted by molar-refractivity contribution is -0.671. The fourth-order valence-electron chi connectivity index (χ4n) is 1.48. The predicted octanol–water partition coefficient (Wildman–Crippen LogP) is 2.55. The summed E-state index contributed by atoms with van der Waals surface area (Å²) in [4.78, 5) is 1.33. The molecule has 2 heterocycles. The third-order valence-corrected chi connectivity index (χ3v) is 2.86. The molecule has 0 saturated carbocycles. The van der Waals surface area contributed by atoms with Crippen molar-refractivity contribution >= 4 is 11.3 Å². The monoisotopic (exact) mass is 190 g/mol. The Morgan fingerprint density at radius 3 is 2.77 bits per heavy atom. The number of hydrogen-bond donors (Lipinski definition) is 0. The van der Waals surface area contributed by atoms with Gasteiger partial charge in [-0.2, -0.15) is 0 Å². The fraction of sp³-hybridized carbons (Fsp3) is 0.182. The first-order valence-corrected chi connectivity index (χ1v) is 5.14. The molecule has 0 unspecified atom stereocenters. The molecule has 2 aromatic rings. The molecular weight excluding hydrogens is 178 g/mol. The van der Waals surface area contributed by atoms with E-state index in [-0.39, 0.29) is 0 Å². The molecule has 0 saturated heterocycles. The summed E-state index contributed by atoms with van der Waals surface area (Å²) in [6.07, 6.45) is 4.27. The Bertz CT molecular complexity index is 384. The summed E-state index contributed by atoms with van der Waals surface area (Å²) in [5.41, 5.74) is 2.60. The molecular formula is C11H12NS+. The van der Waals surface area contributed by atoms with Crippen LogP contribution in [-0.2, 0) is 7.05 Å². The highest BCUT2D eigenvalue weighted by Gasteiger charge is 2.04. The third kappa shape index (κ3) is 1.78. The predicted molar refractivity (Wildman–Crippen MR) is 55.7 cm³/mol. The van der Waals surface area contributed by atoms with Gasteiger partial charge in [0, 0.05) is 10.4 Å². The van der Waals surface area contributed by atoms with Crippen LogP contribution >= 0.6 is 11.3 Å². The zero-order valence-electron chi connectivity index (χ0n) is 7.82. The van der Waals surface area contributed by atoms with Crippen molar-refractivity contribution in [3.8, 4) is 10.4 Å². The molecule has 0 aliphatic carbocycles. The summed E-state index contributed by atoms with van der Waals surface area (Å²) in [6, 6.07) is 6.45. The van der Waals surface area contributed by atoms with Gasteiger partial charge in [-0.05, 0) is 24.4 Å². The fourth-order valence-corrected chi connectivity index (χ4v) is 2.18. The van der Waals surface area contributed by atoms with Crippen molar-refractivity contribution in [2.75, 3.05) is 0 Å². The van der Waals surface area contributed by atoms with Gasteiger partial charge in [0.1, 0.15) is 7.05 Å². The second kappa shape index (κ2) is 3.30. The molecule has 0 aliphatic rings. The van der Waals surface area contributed by atoms with Gasteiger partial charge >= 0.3 is 0 Å². The normalized spacial score (nSPS) is 10.3. The van der Waals surface area contributed by atoms with Crippen LogP contribution in [0.25, 0.3) is 10.4 Å². The van der Waals surface area contributed by atoms with Gasteiger partial charge in [-0.3, -0.25) is 0 Å². The van der Waals surface area contributed by atoms with Crippen LogP contribution < -0.4 is 4.57 Å². The second-order valence-corrected chi connectivity index (χ2v) is 4.19. The Morgan fingerprint density at radius 1 is 1.31 bits per heavy atom. The molecule has 0 bridgehead atoms. The van der Waals surface area contributed by atoms with Crippen LogP contribution in [0.15, 0.2) is 36.0 Å². The van der Waals surface area contributed by atoms with Crippen molar-refractivity contribution in [2.45, 2.75) is 6.92 Å². The van der Waals surface area contributed by atoms with Crippen LogP contribution in [0.5, 0.6) is 0 Å². The highest BCUT2D eigenvalue weighted by Crippen LogP contribution is 2.23. The van der Waals surface area contributed by atoms with Gasteiger partial charge in [-0.1, -0.05) is 6.07 Å². The van der Waals surface area contributed by atoms with Gasteiger partial charge < -0.3 is 0 Å². The van der Waals surface area contributed by atoms with Gasteiger partial charge in [0.2, 0.25) is 0 Å². The van der Waals surface area contributed by atoms with E-state index >= 15 is 0 Å². The van der Waals surface area contributed by atoms with Crippen molar-refractivity contribution < 1.29 is 4.57 Å². The minimum atomic E-state index is 1.30. The number of aromatic nitrogens is 1. The van der Waals surface area contributed by atoms with E-state index in [1.54, 1.807) is 11.3 Å². The Kier molecular flexibility index (Phi) is 2.15. The summed E-state index contributed by atoms with van der Waals surface area (Å²) >= 11 is 1.78. The summed E-state index contributed by atoms with van der Waals surface area (Å²) < 4.78 is 2.10. The molecule has 0 spiro atoms. The van der Waals surface area contributed by atoms with E-state index in [2.05, 4.69) is 54.5 Å². The second-order valence-electron chi connectivity index (χ2n) is 3.24. The number of nitrogens with zero attached hydrogens (tertiary/aromatic N) is 1. The Morgan fingerprint density at radius 2 is 2.15 bits per heavy atom. The van der Waals surface area contributed by atoms with E-state index in [4.69, 9.17) is 0 Å². The molecule has 2 rings (SSSR count). The topological polar surface area (TPSA) is 3.88 Å². The molecule has 1 nitrogen and oxygen atoms in total. The number of aryl methyl sites for hydroxylation is 2. The first kappa shape index (κ1) is 8.45. The van der Waals surface area contributed by atoms with E-state index in [0.29, 0.717) is 0 Å². The van der Waals surface area contributed by atoms with Gasteiger partial charge in [-0.15, -0.1) is 11.3 Å². The van der Waals surface area contributed by atoms with Gasteiger partial charge in [-0.25, -0.2) is 4.57 Å². The van der Waals surface area contributed by atoms with E-state index in [0.717, 1.165) is 0 Å². The summed E-state index contributed by atoms with van der Waals surface area (Å²) in [5, 5.41) is 2.11. The Labute approximate surface area is 82.3 Å². The van der Waals surface area contributed by atoms with Gasteiger partial charge in [0.25, 0.3) is 0 Å². The number of pyridine rings is 1. The van der Waals surface area contributed by atoms with Crippen molar-refractivity contribution in [1.82, 2.24) is 0 Å². The molecule has 0 radical (unpaired) electrons. The highest BCUT2D eigenvalue weighted by molar-refractivity contribution is 7.13. The largest absolute Gasteiger partial charge is 0.207 e. The Hall–Kier alpha value is -1.15. The molecule has 66 valence electrons. The van der Waals surface area contributed by atoms with Crippen LogP contribution in [0.3, 0.4) is 0 Å². The van der Waals surface area contributed by atoms with Crippen LogP contribution in [0, 0.1) is 6.92 Å². The maximum absolute atomic E-state index is 2.21. The standard InChI is InChI=1S/C11H12NS/c1-9-6-10(8-12(2)7-9)11-4-3-5-13-11/h3-8H,1-2H3/q+1. The minimum absolute atomic E-state index is 1.30. The molecule has 0 aliphatic heterocycles. The molecule has 0 fully saturated rings. The van der Waals surface area contributed by atoms with Gasteiger partial charge in [0.05, 0.1) is 5.56 Å². The lowest BCUT2D eigenvalue weighted by Crippen LogP contribution is -2.27. The van der Waals surface area contributed by atoms with Crippen LogP contribution in [0.2, 0.25) is 0 Å². The van der Waals surface area contributed by atoms with Gasteiger partial charge in [0.15, 0.2) is 12.4 Å². The molecule has 0 atom stereocenters. The lowest BCUT2D eigenvalue weighted by Gasteiger charge is -1.96. The third-order valence-electron chi connectivity index (χ3n) is 1.94.